The second-order valence-corrected chi connectivity index (χ2v) is 3.34. The van der Waals surface area contributed by atoms with Crippen molar-refractivity contribution in [1.29, 1.82) is 0 Å². The van der Waals surface area contributed by atoms with Crippen LogP contribution >= 0.6 is 0 Å². The molecule has 1 aliphatic rings. The van der Waals surface area contributed by atoms with Crippen molar-refractivity contribution >= 4 is 12.3 Å². The smallest absolute Gasteiger partial charge is 0.292 e. The topological polar surface area (TPSA) is 42.4 Å². The SMILES string of the molecule is COC=O.Fc1cccc(N2CCCC2)n1. The molecule has 0 atom stereocenters. The van der Waals surface area contributed by atoms with Gasteiger partial charge >= 0.3 is 0 Å². The minimum atomic E-state index is -0.389. The van der Waals surface area contributed by atoms with E-state index in [4.69, 9.17) is 4.79 Å². The first-order valence-electron chi connectivity index (χ1n) is 5.12. The minimum Gasteiger partial charge on any atom is -0.471 e. The number of halogens is 1. The van der Waals surface area contributed by atoms with E-state index in [1.807, 2.05) is 6.07 Å². The van der Waals surface area contributed by atoms with Crippen molar-refractivity contribution in [2.24, 2.45) is 0 Å². The number of rotatable bonds is 2. The van der Waals surface area contributed by atoms with E-state index in [1.165, 1.54) is 26.0 Å². The van der Waals surface area contributed by atoms with Crippen LogP contribution in [0.15, 0.2) is 18.2 Å². The predicted molar refractivity (Wildman–Crippen MR) is 58.7 cm³/mol. The van der Waals surface area contributed by atoms with Gasteiger partial charge in [0.25, 0.3) is 6.47 Å². The molecule has 1 aromatic rings. The largest absolute Gasteiger partial charge is 0.471 e. The molecule has 88 valence electrons. The van der Waals surface area contributed by atoms with Crippen LogP contribution in [-0.4, -0.2) is 31.7 Å². The first-order chi connectivity index (χ1) is 7.77. The molecule has 0 unspecified atom stereocenters. The first-order valence-corrected chi connectivity index (χ1v) is 5.12. The van der Waals surface area contributed by atoms with E-state index >= 15 is 0 Å². The lowest BCUT2D eigenvalue weighted by Gasteiger charge is -2.15. The molecule has 1 aliphatic heterocycles. The molecule has 0 aromatic carbocycles. The molecule has 2 rings (SSSR count). The Kier molecular flexibility index (Phi) is 5.25. The highest BCUT2D eigenvalue weighted by molar-refractivity contribution is 5.38. The predicted octanol–water partition coefficient (Wildman–Crippen LogP) is 1.61. The average Bonchev–Trinajstić information content (AvgIpc) is 2.83. The second kappa shape index (κ2) is 6.76. The Morgan fingerprint density at radius 1 is 1.44 bits per heavy atom. The molecule has 0 radical (unpaired) electrons. The molecule has 5 heteroatoms. The lowest BCUT2D eigenvalue weighted by molar-refractivity contribution is -0.126. The number of hydrogen-bond acceptors (Lipinski definition) is 4. The summed E-state index contributed by atoms with van der Waals surface area (Å²) in [6, 6.07) is 4.93. The number of methoxy groups -OCH3 is 1. The van der Waals surface area contributed by atoms with Gasteiger partial charge in [-0.3, -0.25) is 4.79 Å². The van der Waals surface area contributed by atoms with Gasteiger partial charge in [0, 0.05) is 13.1 Å². The van der Waals surface area contributed by atoms with Crippen LogP contribution in [0, 0.1) is 5.95 Å². The number of hydrogen-bond donors (Lipinski definition) is 0. The lowest BCUT2D eigenvalue weighted by atomic mass is 10.4. The van der Waals surface area contributed by atoms with Crippen molar-refractivity contribution in [2.75, 3.05) is 25.1 Å². The third kappa shape index (κ3) is 3.84. The van der Waals surface area contributed by atoms with Crippen LogP contribution in [-0.2, 0) is 9.53 Å². The molecule has 1 fully saturated rings. The van der Waals surface area contributed by atoms with Gasteiger partial charge < -0.3 is 9.64 Å². The molecule has 1 aromatic heterocycles. The van der Waals surface area contributed by atoms with Crippen LogP contribution < -0.4 is 4.90 Å². The Bertz CT molecular complexity index is 328. The fourth-order valence-electron chi connectivity index (χ4n) is 1.52. The number of carbonyl (C=O) groups excluding carboxylic acids is 1. The van der Waals surface area contributed by atoms with Gasteiger partial charge in [-0.05, 0) is 25.0 Å². The van der Waals surface area contributed by atoms with Gasteiger partial charge in [0.15, 0.2) is 0 Å². The lowest BCUT2D eigenvalue weighted by Crippen LogP contribution is -2.18. The molecule has 4 nitrogen and oxygen atoms in total. The number of ether oxygens (including phenoxy) is 1. The molecular formula is C11H15FN2O2. The number of pyridine rings is 1. The third-order valence-electron chi connectivity index (χ3n) is 2.23. The number of anilines is 1. The van der Waals surface area contributed by atoms with Crippen LogP contribution in [0.25, 0.3) is 0 Å². The zero-order chi connectivity index (χ0) is 11.8. The molecule has 1 saturated heterocycles. The average molecular weight is 226 g/mol. The van der Waals surface area contributed by atoms with Crippen molar-refractivity contribution < 1.29 is 13.9 Å². The number of aromatic nitrogens is 1. The Labute approximate surface area is 94.0 Å². The van der Waals surface area contributed by atoms with Gasteiger partial charge in [-0.15, -0.1) is 0 Å². The molecule has 0 saturated carbocycles. The summed E-state index contributed by atoms with van der Waals surface area (Å²) in [5.74, 6) is 0.381. The highest BCUT2D eigenvalue weighted by Gasteiger charge is 2.13. The summed E-state index contributed by atoms with van der Waals surface area (Å²) in [6.45, 7) is 2.40. The maximum absolute atomic E-state index is 12.7. The fraction of sp³-hybridized carbons (Fsp3) is 0.455. The molecule has 0 N–H and O–H groups in total. The Balaban J connectivity index is 0.000000280. The van der Waals surface area contributed by atoms with Crippen molar-refractivity contribution in [3.63, 3.8) is 0 Å². The van der Waals surface area contributed by atoms with Crippen LogP contribution in [0.4, 0.5) is 10.2 Å². The summed E-state index contributed by atoms with van der Waals surface area (Å²) in [6.07, 6.45) is 2.39. The standard InChI is InChI=1S/C9H11FN2.C2H4O2/c10-8-4-3-5-9(11-8)12-6-1-2-7-12;1-4-2-3/h3-5H,1-2,6-7H2;2H,1H3. The molecule has 0 bridgehead atoms. The third-order valence-corrected chi connectivity index (χ3v) is 2.23. The maximum atomic E-state index is 12.7. The molecule has 0 spiro atoms. The van der Waals surface area contributed by atoms with E-state index < -0.39 is 0 Å². The van der Waals surface area contributed by atoms with Crippen LogP contribution in [0.1, 0.15) is 12.8 Å². The quantitative estimate of drug-likeness (QED) is 0.567. The van der Waals surface area contributed by atoms with Crippen molar-refractivity contribution in [3.8, 4) is 0 Å². The van der Waals surface area contributed by atoms with Gasteiger partial charge in [-0.25, -0.2) is 4.98 Å². The monoisotopic (exact) mass is 226 g/mol. The Hall–Kier alpha value is -1.65. The summed E-state index contributed by atoms with van der Waals surface area (Å²) in [4.78, 5) is 14.9. The van der Waals surface area contributed by atoms with Gasteiger partial charge in [0.2, 0.25) is 5.95 Å². The Morgan fingerprint density at radius 2 is 2.06 bits per heavy atom. The van der Waals surface area contributed by atoms with E-state index in [1.54, 1.807) is 6.07 Å². The van der Waals surface area contributed by atoms with Crippen molar-refractivity contribution in [1.82, 2.24) is 4.98 Å². The number of nitrogens with zero attached hydrogens (tertiary/aromatic N) is 2. The molecule has 16 heavy (non-hydrogen) atoms. The normalized spacial score (nSPS) is 14.0. The molecule has 0 amide bonds. The van der Waals surface area contributed by atoms with Gasteiger partial charge in [0.1, 0.15) is 5.82 Å². The molecule has 0 aliphatic carbocycles. The van der Waals surface area contributed by atoms with Crippen molar-refractivity contribution in [2.45, 2.75) is 12.8 Å². The van der Waals surface area contributed by atoms with Gasteiger partial charge in [-0.2, -0.15) is 4.39 Å². The highest BCUT2D eigenvalue weighted by atomic mass is 19.1. The van der Waals surface area contributed by atoms with E-state index in [0.29, 0.717) is 6.47 Å². The van der Waals surface area contributed by atoms with E-state index in [9.17, 15) is 4.39 Å². The summed E-state index contributed by atoms with van der Waals surface area (Å²) in [5, 5.41) is 0. The van der Waals surface area contributed by atoms with E-state index in [2.05, 4.69) is 14.6 Å². The zero-order valence-electron chi connectivity index (χ0n) is 9.23. The highest BCUT2D eigenvalue weighted by Crippen LogP contribution is 2.16. The van der Waals surface area contributed by atoms with E-state index in [-0.39, 0.29) is 5.95 Å². The first kappa shape index (κ1) is 12.4. The fourth-order valence-corrected chi connectivity index (χ4v) is 1.52. The van der Waals surface area contributed by atoms with E-state index in [0.717, 1.165) is 18.9 Å². The number of carbonyl (C=O) groups is 1. The molecular weight excluding hydrogens is 211 g/mol. The van der Waals surface area contributed by atoms with Crippen LogP contribution in [0.3, 0.4) is 0 Å². The van der Waals surface area contributed by atoms with Crippen molar-refractivity contribution in [3.05, 3.63) is 24.1 Å². The second-order valence-electron chi connectivity index (χ2n) is 3.34. The van der Waals surface area contributed by atoms with Gasteiger partial charge in [0.05, 0.1) is 7.11 Å². The molecule has 2 heterocycles. The van der Waals surface area contributed by atoms with Crippen LogP contribution in [0.2, 0.25) is 0 Å². The summed E-state index contributed by atoms with van der Waals surface area (Å²) < 4.78 is 16.5. The summed E-state index contributed by atoms with van der Waals surface area (Å²) >= 11 is 0. The minimum absolute atomic E-state index is 0.375. The van der Waals surface area contributed by atoms with Gasteiger partial charge in [-0.1, -0.05) is 6.07 Å². The summed E-state index contributed by atoms with van der Waals surface area (Å²) in [7, 11) is 1.31. The summed E-state index contributed by atoms with van der Waals surface area (Å²) in [5.41, 5.74) is 0. The maximum Gasteiger partial charge on any atom is 0.292 e. The zero-order valence-corrected chi connectivity index (χ0v) is 9.23. The van der Waals surface area contributed by atoms with Crippen LogP contribution in [0.5, 0.6) is 0 Å². The Morgan fingerprint density at radius 3 is 2.56 bits per heavy atom.